The fraction of sp³-hybridized carbons (Fsp3) is 0.625. The molecule has 4 rings (SSSR count). The van der Waals surface area contributed by atoms with Gasteiger partial charge >= 0.3 is 11.9 Å². The van der Waals surface area contributed by atoms with Gasteiger partial charge in [0.1, 0.15) is 41.1 Å². The summed E-state index contributed by atoms with van der Waals surface area (Å²) in [5.41, 5.74) is 0.303. The lowest BCUT2D eigenvalue weighted by molar-refractivity contribution is -0.331. The molecule has 0 saturated carbocycles. The van der Waals surface area contributed by atoms with Crippen LogP contribution in [0.5, 0.6) is 11.5 Å². The van der Waals surface area contributed by atoms with Gasteiger partial charge in [0.15, 0.2) is 30.2 Å². The summed E-state index contributed by atoms with van der Waals surface area (Å²) >= 11 is 12.2. The van der Waals surface area contributed by atoms with E-state index in [1.165, 1.54) is 26.0 Å². The predicted molar refractivity (Wildman–Crippen MR) is 246 cm³/mol. The molecule has 2 saturated heterocycles. The second kappa shape index (κ2) is 24.4. The number of hydrogen-bond acceptors (Lipinski definition) is 17. The van der Waals surface area contributed by atoms with E-state index >= 15 is 0 Å². The average molecular weight is 988 g/mol. The molecule has 17 nitrogen and oxygen atoms in total. The average Bonchev–Trinajstić information content (AvgIpc) is 3.27. The van der Waals surface area contributed by atoms with Gasteiger partial charge in [-0.15, -0.1) is 0 Å². The van der Waals surface area contributed by atoms with Gasteiger partial charge in [0.25, 0.3) is 0 Å². The lowest BCUT2D eigenvalue weighted by Gasteiger charge is -2.46. The molecule has 1 unspecified atom stereocenters. The summed E-state index contributed by atoms with van der Waals surface area (Å²) in [6.07, 6.45) is -4.37. The predicted octanol–water partition coefficient (Wildman–Crippen LogP) is 4.62. The van der Waals surface area contributed by atoms with Crippen LogP contribution in [0.1, 0.15) is 97.5 Å². The molecule has 1 aromatic rings. The Labute approximate surface area is 401 Å². The van der Waals surface area contributed by atoms with E-state index < -0.39 is 132 Å². The zero-order valence-corrected chi connectivity index (χ0v) is 40.8. The molecule has 3 heterocycles. The lowest BCUT2D eigenvalue weighted by Crippen LogP contribution is -2.63. The molecular formula is C48H68Cl2O17. The van der Waals surface area contributed by atoms with Crippen molar-refractivity contribution in [1.29, 1.82) is 0 Å². The van der Waals surface area contributed by atoms with Crippen LogP contribution in [-0.2, 0) is 39.6 Å². The van der Waals surface area contributed by atoms with Crippen molar-refractivity contribution in [2.75, 3.05) is 13.2 Å². The van der Waals surface area contributed by atoms with Crippen LogP contribution in [0.4, 0.5) is 0 Å². The highest BCUT2D eigenvalue weighted by molar-refractivity contribution is 6.39. The number of hydrogen-bond donors (Lipinski definition) is 9. The quantitative estimate of drug-likeness (QED) is 0.108. The number of carbonyl (C=O) groups is 2. The van der Waals surface area contributed by atoms with E-state index in [4.69, 9.17) is 51.6 Å². The number of rotatable bonds is 11. The smallest absolute Gasteiger partial charge is 0.342 e. The van der Waals surface area contributed by atoms with Gasteiger partial charge < -0.3 is 74.4 Å². The SMILES string of the molecule is CCc1c(Cl)c(O)c(Cl)c(O)c1C(=O)O[C@H]1[C@H](O)[C@H](CO)[C@H](OCC2=CC=CC[C@H](O)C(C)=C[C@H](CC)[C@@H](O[C@@H]3OC(C)(C)[C@@H](O)[C@H](O)[C@@H]3O)C(C)=CC(C)=CC[C@@H](C(C)O)OC2=O)O[C@@H]1C. The molecule has 67 heavy (non-hydrogen) atoms. The molecule has 376 valence electrons. The van der Waals surface area contributed by atoms with Gasteiger partial charge in [0.2, 0.25) is 0 Å². The highest BCUT2D eigenvalue weighted by Gasteiger charge is 2.50. The van der Waals surface area contributed by atoms with Gasteiger partial charge in [-0.1, -0.05) is 73.0 Å². The van der Waals surface area contributed by atoms with Gasteiger partial charge in [-0.2, -0.15) is 0 Å². The Morgan fingerprint density at radius 1 is 0.955 bits per heavy atom. The van der Waals surface area contributed by atoms with E-state index in [0.29, 0.717) is 23.1 Å². The van der Waals surface area contributed by atoms with E-state index in [2.05, 4.69) is 0 Å². The van der Waals surface area contributed by atoms with Gasteiger partial charge in [0.05, 0.1) is 59.7 Å². The second-order valence-electron chi connectivity index (χ2n) is 17.9. The van der Waals surface area contributed by atoms with Crippen LogP contribution in [-0.4, -0.2) is 150 Å². The maximum absolute atomic E-state index is 13.9. The minimum absolute atomic E-state index is 0.0448. The molecule has 14 atom stereocenters. The third kappa shape index (κ3) is 13.5. The number of esters is 2. The van der Waals surface area contributed by atoms with Gasteiger partial charge in [-0.3, -0.25) is 0 Å². The zero-order chi connectivity index (χ0) is 50.2. The van der Waals surface area contributed by atoms with Gasteiger partial charge in [-0.25, -0.2) is 9.59 Å². The third-order valence-corrected chi connectivity index (χ3v) is 13.2. The fourth-order valence-corrected chi connectivity index (χ4v) is 8.75. The molecule has 0 radical (unpaired) electrons. The maximum Gasteiger partial charge on any atom is 0.342 e. The number of aliphatic hydroxyl groups is 7. The standard InChI is InChI=1S/C48H68Cl2O17/c1-10-27-19-23(4)31(53)15-13-12-14-28(21-62-46-30(20-51)36(54)42(26(7)63-46)65-45(61)33-29(11-2)34(49)38(56)35(50)37(33)55)44(60)64-32(25(6)52)17-16-22(3)18-24(5)41(27)66-47-40(58)39(57)43(59)48(8,9)67-47/h12-14,16,18-19,25-27,30-32,36,39-43,46-47,51-59H,10-11,15,17,20-21H2,1-9H3/t25?,26-,27+,30+,31+,32+,36-,39-,40+,41+,42-,43+,46-,47-/m1/s1. The minimum Gasteiger partial charge on any atom is -0.505 e. The van der Waals surface area contributed by atoms with Crippen LogP contribution in [0.15, 0.2) is 58.7 Å². The van der Waals surface area contributed by atoms with Gasteiger partial charge in [-0.05, 0) is 90.5 Å². The third-order valence-electron chi connectivity index (χ3n) is 12.4. The summed E-state index contributed by atoms with van der Waals surface area (Å²) < 4.78 is 35.8. The molecule has 0 spiro atoms. The first-order valence-electron chi connectivity index (χ1n) is 22.4. The van der Waals surface area contributed by atoms with Crippen molar-refractivity contribution in [3.8, 4) is 11.5 Å². The van der Waals surface area contributed by atoms with Crippen LogP contribution in [0.2, 0.25) is 10.0 Å². The van der Waals surface area contributed by atoms with Crippen molar-refractivity contribution in [3.05, 3.63) is 79.9 Å². The summed E-state index contributed by atoms with van der Waals surface area (Å²) in [6, 6.07) is 0. The molecular weight excluding hydrogens is 919 g/mol. The van der Waals surface area contributed by atoms with Gasteiger partial charge in [0, 0.05) is 12.3 Å². The van der Waals surface area contributed by atoms with Crippen molar-refractivity contribution >= 4 is 35.1 Å². The first-order chi connectivity index (χ1) is 31.4. The summed E-state index contributed by atoms with van der Waals surface area (Å²) in [5, 5.41) is 96.0. The fourth-order valence-electron chi connectivity index (χ4n) is 8.19. The van der Waals surface area contributed by atoms with E-state index in [1.807, 2.05) is 26.0 Å². The number of phenols is 2. The summed E-state index contributed by atoms with van der Waals surface area (Å²) in [5.74, 6) is -5.00. The van der Waals surface area contributed by atoms with Crippen LogP contribution in [0.3, 0.4) is 0 Å². The van der Waals surface area contributed by atoms with E-state index in [0.717, 1.165) is 0 Å². The number of benzene rings is 1. The second-order valence-corrected chi connectivity index (χ2v) is 18.7. The summed E-state index contributed by atoms with van der Waals surface area (Å²) in [4.78, 5) is 27.3. The largest absolute Gasteiger partial charge is 0.505 e. The van der Waals surface area contributed by atoms with Crippen LogP contribution in [0.25, 0.3) is 0 Å². The summed E-state index contributed by atoms with van der Waals surface area (Å²) in [7, 11) is 0. The molecule has 0 amide bonds. The number of allylic oxidation sites excluding steroid dienone is 4. The number of cyclic esters (lactones) is 1. The van der Waals surface area contributed by atoms with E-state index in [-0.39, 0.29) is 41.3 Å². The molecule has 0 bridgehead atoms. The summed E-state index contributed by atoms with van der Waals surface area (Å²) in [6.45, 7) is 13.8. The Morgan fingerprint density at radius 2 is 1.63 bits per heavy atom. The normalized spacial score (nSPS) is 33.0. The number of phenolic OH excluding ortho intramolecular Hbond substituents is 2. The number of carbonyl (C=O) groups excluding carboxylic acids is 2. The molecule has 2 fully saturated rings. The molecule has 3 aliphatic heterocycles. The zero-order valence-electron chi connectivity index (χ0n) is 39.3. The lowest BCUT2D eigenvalue weighted by atomic mass is 9.88. The van der Waals surface area contributed by atoms with Crippen molar-refractivity contribution in [3.63, 3.8) is 0 Å². The molecule has 19 heteroatoms. The molecule has 1 aromatic carbocycles. The molecule has 0 aliphatic carbocycles. The Bertz CT molecular complexity index is 2050. The number of aliphatic hydroxyl groups excluding tert-OH is 7. The Kier molecular flexibility index (Phi) is 20.5. The first kappa shape index (κ1) is 56.2. The molecule has 3 aliphatic rings. The molecule has 0 aromatic heterocycles. The molecule has 9 N–H and O–H groups in total. The maximum atomic E-state index is 13.9. The number of aromatic hydroxyl groups is 2. The van der Waals surface area contributed by atoms with Crippen molar-refractivity contribution in [1.82, 2.24) is 0 Å². The highest BCUT2D eigenvalue weighted by atomic mass is 35.5. The number of halogens is 2. The topological polar surface area (TPSA) is 272 Å². The van der Waals surface area contributed by atoms with Crippen molar-refractivity contribution in [2.45, 2.75) is 167 Å². The van der Waals surface area contributed by atoms with E-state index in [1.54, 1.807) is 46.8 Å². The monoisotopic (exact) mass is 986 g/mol. The van der Waals surface area contributed by atoms with Crippen LogP contribution < -0.4 is 0 Å². The minimum atomic E-state index is -1.59. The Balaban J connectivity index is 1.60. The Hall–Kier alpha value is -3.40. The highest BCUT2D eigenvalue weighted by Crippen LogP contribution is 2.45. The van der Waals surface area contributed by atoms with Crippen LogP contribution >= 0.6 is 23.2 Å². The number of ether oxygens (including phenoxy) is 6. The van der Waals surface area contributed by atoms with E-state index in [9.17, 15) is 55.5 Å². The van der Waals surface area contributed by atoms with Crippen molar-refractivity contribution in [2.24, 2.45) is 11.8 Å². The van der Waals surface area contributed by atoms with Crippen molar-refractivity contribution < 1.29 is 84.0 Å². The first-order valence-corrected chi connectivity index (χ1v) is 23.2. The Morgan fingerprint density at radius 3 is 2.24 bits per heavy atom. The van der Waals surface area contributed by atoms with Crippen LogP contribution in [0, 0.1) is 11.8 Å².